The lowest BCUT2D eigenvalue weighted by Gasteiger charge is -1.73. The summed E-state index contributed by atoms with van der Waals surface area (Å²) in [4.78, 5) is 0. The summed E-state index contributed by atoms with van der Waals surface area (Å²) in [5.41, 5.74) is 0. The van der Waals surface area contributed by atoms with Crippen LogP contribution in [0.3, 0.4) is 0 Å². The second-order valence-corrected chi connectivity index (χ2v) is 2.65. The van der Waals surface area contributed by atoms with Gasteiger partial charge in [-0.1, -0.05) is 0 Å². The van der Waals surface area contributed by atoms with Crippen LogP contribution in [-0.4, -0.2) is 13.3 Å². The molecule has 0 aromatic rings. The van der Waals surface area contributed by atoms with E-state index in [0.717, 1.165) is 0 Å². The van der Waals surface area contributed by atoms with Crippen LogP contribution in [0.25, 0.3) is 0 Å². The third kappa shape index (κ3) is 1710. The summed E-state index contributed by atoms with van der Waals surface area (Å²) in [6, 6.07) is 0. The fourth-order valence-corrected chi connectivity index (χ4v) is 0. The molecule has 7 heavy (non-hydrogen) atoms. The molecule has 0 atom stereocenters. The first-order valence-corrected chi connectivity index (χ1v) is 3.32. The van der Waals surface area contributed by atoms with Crippen molar-refractivity contribution in [1.82, 2.24) is 0 Å². The third-order valence-corrected chi connectivity index (χ3v) is 0. The molecule has 0 radical (unpaired) electrons. The number of hydrogen-bond donors (Lipinski definition) is 2. The summed E-state index contributed by atoms with van der Waals surface area (Å²) in [6.07, 6.45) is 0. The van der Waals surface area contributed by atoms with Crippen LogP contribution < -0.4 is 0 Å². The Morgan fingerprint density at radius 1 is 1.57 bits per heavy atom. The first-order chi connectivity index (χ1) is 3.00. The summed E-state index contributed by atoms with van der Waals surface area (Å²) in [6.45, 7) is 4.75. The summed E-state index contributed by atoms with van der Waals surface area (Å²) < 4.78 is 24.0. The molecular weight excluding hydrogens is 138 g/mol. The summed E-state index contributed by atoms with van der Waals surface area (Å²) in [7, 11) is -3.83. The van der Waals surface area contributed by atoms with Gasteiger partial charge in [0.2, 0.25) is 0 Å². The van der Waals surface area contributed by atoms with Crippen molar-refractivity contribution < 1.29 is 13.3 Å². The minimum atomic E-state index is -3.83. The third-order valence-electron chi connectivity index (χ3n) is 0. The highest BCUT2D eigenvalue weighted by atomic mass is 32.9. The second-order valence-electron chi connectivity index (χ2n) is 0.448. The maximum absolute atomic E-state index is 9.11. The SMILES string of the molecule is O=S(O)(O)=S.[C-]#N. The molecule has 0 rings (SSSR count). The fourth-order valence-electron chi connectivity index (χ4n) is 0. The summed E-state index contributed by atoms with van der Waals surface area (Å²) in [5, 5.41) is 6.25. The van der Waals surface area contributed by atoms with E-state index in [-0.39, 0.29) is 0 Å². The zero-order valence-electron chi connectivity index (χ0n) is 3.07. The molecule has 0 saturated heterocycles. The highest BCUT2D eigenvalue weighted by Crippen LogP contribution is 1.62. The van der Waals surface area contributed by atoms with Crippen LogP contribution in [0.1, 0.15) is 0 Å². The van der Waals surface area contributed by atoms with Gasteiger partial charge in [0, 0.05) is 11.2 Å². The zero-order valence-corrected chi connectivity index (χ0v) is 4.70. The fraction of sp³-hybridized carbons (Fsp3) is 0. The quantitative estimate of drug-likeness (QED) is 0.454. The highest BCUT2D eigenvalue weighted by Gasteiger charge is 1.78. The summed E-state index contributed by atoms with van der Waals surface area (Å²) >= 11 is 3.47. The first kappa shape index (κ1) is 9.91. The van der Waals surface area contributed by atoms with Crippen LogP contribution in [0.2, 0.25) is 0 Å². The van der Waals surface area contributed by atoms with E-state index in [1.807, 2.05) is 0 Å². The average Bonchev–Trinajstić information content (AvgIpc) is 1.36. The molecule has 0 unspecified atom stereocenters. The van der Waals surface area contributed by atoms with Crippen molar-refractivity contribution in [2.75, 3.05) is 0 Å². The smallest absolute Gasteiger partial charge is 0.263 e. The van der Waals surface area contributed by atoms with Crippen molar-refractivity contribution >= 4 is 20.2 Å². The highest BCUT2D eigenvalue weighted by molar-refractivity contribution is 8.26. The van der Waals surface area contributed by atoms with Gasteiger partial charge in [-0.2, -0.15) is 4.21 Å². The molecule has 0 aliphatic carbocycles. The van der Waals surface area contributed by atoms with Gasteiger partial charge in [0.25, 0.3) is 9.05 Å². The van der Waals surface area contributed by atoms with Gasteiger partial charge in [-0.15, -0.1) is 0 Å². The van der Waals surface area contributed by atoms with Crippen molar-refractivity contribution in [3.05, 3.63) is 6.57 Å². The Morgan fingerprint density at radius 2 is 1.57 bits per heavy atom. The van der Waals surface area contributed by atoms with Gasteiger partial charge >= 0.3 is 0 Å². The van der Waals surface area contributed by atoms with Crippen molar-refractivity contribution in [1.29, 1.82) is 5.26 Å². The van der Waals surface area contributed by atoms with Crippen LogP contribution in [0.5, 0.6) is 0 Å². The molecule has 0 aromatic carbocycles. The van der Waals surface area contributed by atoms with Gasteiger partial charge in [0.1, 0.15) is 0 Å². The number of hydrogen-bond acceptors (Lipinski definition) is 3. The largest absolute Gasteiger partial charge is 0.512 e. The summed E-state index contributed by atoms with van der Waals surface area (Å²) in [5.74, 6) is 0. The number of nitrogens with zero attached hydrogens (tertiary/aromatic N) is 1. The Labute approximate surface area is 46.1 Å². The molecule has 6 heteroatoms. The molecule has 0 amide bonds. The Bertz CT molecular complexity index is 124. The molecule has 42 valence electrons. The predicted molar refractivity (Wildman–Crippen MR) is 25.7 cm³/mol. The van der Waals surface area contributed by atoms with Gasteiger partial charge in [-0.25, -0.2) is 0 Å². The maximum atomic E-state index is 9.11. The molecular formula is CH2NO3S2-. The van der Waals surface area contributed by atoms with Crippen LogP contribution in [-0.2, 0) is 20.2 Å². The average molecular weight is 140 g/mol. The molecule has 0 bridgehead atoms. The topological polar surface area (TPSA) is 81.3 Å². The molecule has 0 aromatic heterocycles. The lowest BCUT2D eigenvalue weighted by Crippen LogP contribution is -1.86. The van der Waals surface area contributed by atoms with E-state index in [1.54, 1.807) is 0 Å². The Morgan fingerprint density at radius 3 is 1.57 bits per heavy atom. The molecule has 4 nitrogen and oxygen atoms in total. The van der Waals surface area contributed by atoms with E-state index in [9.17, 15) is 0 Å². The van der Waals surface area contributed by atoms with Gasteiger partial charge in [0.05, 0.1) is 0 Å². The van der Waals surface area contributed by atoms with E-state index in [1.165, 1.54) is 0 Å². The van der Waals surface area contributed by atoms with E-state index >= 15 is 0 Å². The monoisotopic (exact) mass is 140 g/mol. The predicted octanol–water partition coefficient (Wildman–Crippen LogP) is -0.225. The van der Waals surface area contributed by atoms with E-state index in [2.05, 4.69) is 11.2 Å². The lowest BCUT2D eigenvalue weighted by molar-refractivity contribution is 0.450. The molecule has 0 spiro atoms. The molecule has 0 heterocycles. The Balaban J connectivity index is 0. The first-order valence-electron chi connectivity index (χ1n) is 0.922. The molecule has 0 saturated carbocycles. The van der Waals surface area contributed by atoms with E-state index < -0.39 is 9.05 Å². The van der Waals surface area contributed by atoms with Gasteiger partial charge in [0.15, 0.2) is 0 Å². The molecule has 0 aliphatic rings. The zero-order chi connectivity index (χ0) is 6.50. The van der Waals surface area contributed by atoms with Crippen molar-refractivity contribution in [2.24, 2.45) is 0 Å². The van der Waals surface area contributed by atoms with Gasteiger partial charge in [-0.3, -0.25) is 9.11 Å². The minimum Gasteiger partial charge on any atom is -0.512 e. The van der Waals surface area contributed by atoms with Crippen LogP contribution in [0, 0.1) is 11.8 Å². The lowest BCUT2D eigenvalue weighted by atomic mass is 11.9. The number of rotatable bonds is 0. The van der Waals surface area contributed by atoms with Crippen molar-refractivity contribution in [3.8, 4) is 0 Å². The van der Waals surface area contributed by atoms with E-state index in [4.69, 9.17) is 25.1 Å². The second kappa shape index (κ2) is 3.95. The van der Waals surface area contributed by atoms with Crippen LogP contribution >= 0.6 is 0 Å². The van der Waals surface area contributed by atoms with Crippen molar-refractivity contribution in [3.63, 3.8) is 0 Å². The Hall–Kier alpha value is -0.220. The van der Waals surface area contributed by atoms with Gasteiger partial charge in [-0.05, 0) is 0 Å². The van der Waals surface area contributed by atoms with Crippen LogP contribution in [0.4, 0.5) is 0 Å². The van der Waals surface area contributed by atoms with E-state index in [0.29, 0.717) is 0 Å². The van der Waals surface area contributed by atoms with Crippen molar-refractivity contribution in [2.45, 2.75) is 0 Å². The standard InChI is InChI=1S/CN.H2O3S2/c1-2;1-5(2,3)4/h;(H2,1,2,3,4)/q-1;. The molecule has 0 fully saturated rings. The minimum absolute atomic E-state index is 3.47. The normalized spacial score (nSPS) is 8.57. The maximum Gasteiger partial charge on any atom is 0.263 e. The van der Waals surface area contributed by atoms with Crippen LogP contribution in [0.15, 0.2) is 0 Å². The Kier molecular flexibility index (Phi) is 5.60. The molecule has 2 N–H and O–H groups in total. The molecule has 0 aliphatic heterocycles. The van der Waals surface area contributed by atoms with Gasteiger partial charge < -0.3 is 11.8 Å².